The summed E-state index contributed by atoms with van der Waals surface area (Å²) in [5.74, 6) is -0.721. The summed E-state index contributed by atoms with van der Waals surface area (Å²) in [4.78, 5) is 28.7. The van der Waals surface area contributed by atoms with Crippen LogP contribution in [-0.4, -0.2) is 81.7 Å². The van der Waals surface area contributed by atoms with Crippen molar-refractivity contribution in [2.45, 2.75) is 4.90 Å². The van der Waals surface area contributed by atoms with Crippen molar-refractivity contribution in [1.29, 1.82) is 0 Å². The molecule has 8 nitrogen and oxygen atoms in total. The largest absolute Gasteiger partial charge is 0.345 e. The van der Waals surface area contributed by atoms with Crippen molar-refractivity contribution in [3.8, 4) is 0 Å². The molecule has 3 rings (SSSR count). The fourth-order valence-electron chi connectivity index (χ4n) is 3.19. The minimum Gasteiger partial charge on any atom is -0.345 e. The molecule has 1 saturated heterocycles. The van der Waals surface area contributed by atoms with Gasteiger partial charge in [0.05, 0.1) is 16.1 Å². The SMILES string of the molecule is CN1CCN(S(=O)(=O)c2cccc(C(=O)Nc3ccccc3C(=O)N(C)C)c2)CC1. The minimum atomic E-state index is -3.68. The molecule has 0 saturated carbocycles. The Morgan fingerprint density at radius 1 is 0.967 bits per heavy atom. The van der Waals surface area contributed by atoms with Crippen molar-refractivity contribution in [3.63, 3.8) is 0 Å². The fourth-order valence-corrected chi connectivity index (χ4v) is 4.66. The molecular formula is C21H26N4O4S. The summed E-state index contributed by atoms with van der Waals surface area (Å²) in [6.07, 6.45) is 0. The number of rotatable bonds is 5. The number of carbonyl (C=O) groups excluding carboxylic acids is 2. The number of benzene rings is 2. The van der Waals surface area contributed by atoms with E-state index in [9.17, 15) is 18.0 Å². The van der Waals surface area contributed by atoms with Gasteiger partial charge in [-0.05, 0) is 37.4 Å². The Kier molecular flexibility index (Phi) is 6.55. The quantitative estimate of drug-likeness (QED) is 0.778. The Morgan fingerprint density at radius 3 is 2.30 bits per heavy atom. The van der Waals surface area contributed by atoms with Crippen molar-refractivity contribution < 1.29 is 18.0 Å². The number of hydrogen-bond donors (Lipinski definition) is 1. The summed E-state index contributed by atoms with van der Waals surface area (Å²) in [6.45, 7) is 2.15. The molecule has 2 aromatic carbocycles. The monoisotopic (exact) mass is 430 g/mol. The first kappa shape index (κ1) is 21.9. The van der Waals surface area contributed by atoms with Crippen LogP contribution in [0.2, 0.25) is 0 Å². The van der Waals surface area contributed by atoms with Gasteiger partial charge in [0.25, 0.3) is 11.8 Å². The van der Waals surface area contributed by atoms with Gasteiger partial charge in [-0.25, -0.2) is 8.42 Å². The molecule has 9 heteroatoms. The van der Waals surface area contributed by atoms with Crippen LogP contribution < -0.4 is 5.32 Å². The highest BCUT2D eigenvalue weighted by molar-refractivity contribution is 7.89. The zero-order valence-corrected chi connectivity index (χ0v) is 18.1. The lowest BCUT2D eigenvalue weighted by Gasteiger charge is -2.31. The van der Waals surface area contributed by atoms with Crippen LogP contribution in [0.3, 0.4) is 0 Å². The molecule has 1 heterocycles. The molecule has 1 N–H and O–H groups in total. The molecule has 0 aromatic heterocycles. The average molecular weight is 431 g/mol. The van der Waals surface area contributed by atoms with E-state index >= 15 is 0 Å². The van der Waals surface area contributed by atoms with Crippen molar-refractivity contribution in [3.05, 3.63) is 59.7 Å². The third kappa shape index (κ3) is 4.69. The van der Waals surface area contributed by atoms with Crippen molar-refractivity contribution >= 4 is 27.5 Å². The van der Waals surface area contributed by atoms with E-state index < -0.39 is 15.9 Å². The van der Waals surface area contributed by atoms with Gasteiger partial charge in [0.1, 0.15) is 0 Å². The molecule has 0 atom stereocenters. The van der Waals surface area contributed by atoms with Crippen LogP contribution in [0.25, 0.3) is 0 Å². The normalized spacial score (nSPS) is 15.6. The standard InChI is InChI=1S/C21H26N4O4S/c1-23(2)21(27)18-9-4-5-10-19(18)22-20(26)16-7-6-8-17(15-16)30(28,29)25-13-11-24(3)12-14-25/h4-10,15H,11-14H2,1-3H3,(H,22,26). The van der Waals surface area contributed by atoms with Crippen molar-refractivity contribution in [1.82, 2.24) is 14.1 Å². The van der Waals surface area contributed by atoms with Crippen molar-refractivity contribution in [2.24, 2.45) is 0 Å². The number of piperazine rings is 1. The van der Waals surface area contributed by atoms with E-state index in [-0.39, 0.29) is 16.4 Å². The molecule has 1 aliphatic heterocycles. The van der Waals surface area contributed by atoms with Gasteiger partial charge in [-0.3, -0.25) is 9.59 Å². The third-order valence-corrected chi connectivity index (χ3v) is 6.90. The highest BCUT2D eigenvalue weighted by Gasteiger charge is 2.28. The summed E-state index contributed by atoms with van der Waals surface area (Å²) >= 11 is 0. The first-order valence-corrected chi connectivity index (χ1v) is 11.0. The topological polar surface area (TPSA) is 90.0 Å². The molecule has 0 bridgehead atoms. The van der Waals surface area contributed by atoms with Gasteiger partial charge in [-0.15, -0.1) is 0 Å². The zero-order chi connectivity index (χ0) is 21.9. The second kappa shape index (κ2) is 8.95. The lowest BCUT2D eigenvalue weighted by atomic mass is 10.1. The number of hydrogen-bond acceptors (Lipinski definition) is 5. The highest BCUT2D eigenvalue weighted by atomic mass is 32.2. The first-order valence-electron chi connectivity index (χ1n) is 9.61. The number of amides is 2. The van der Waals surface area contributed by atoms with E-state index in [1.165, 1.54) is 21.3 Å². The molecule has 30 heavy (non-hydrogen) atoms. The smallest absolute Gasteiger partial charge is 0.255 e. The molecule has 2 aromatic rings. The van der Waals surface area contributed by atoms with Crippen LogP contribution in [-0.2, 0) is 10.0 Å². The second-order valence-electron chi connectivity index (χ2n) is 7.43. The number of para-hydroxylation sites is 1. The lowest BCUT2D eigenvalue weighted by Crippen LogP contribution is -2.47. The molecule has 0 radical (unpaired) electrons. The highest BCUT2D eigenvalue weighted by Crippen LogP contribution is 2.21. The maximum atomic E-state index is 13.0. The van der Waals surface area contributed by atoms with Crippen LogP contribution in [0.15, 0.2) is 53.4 Å². The third-order valence-electron chi connectivity index (χ3n) is 5.01. The molecule has 160 valence electrons. The van der Waals surface area contributed by atoms with Gasteiger partial charge in [-0.2, -0.15) is 4.31 Å². The molecule has 0 aliphatic carbocycles. The summed E-state index contributed by atoms with van der Waals surface area (Å²) in [7, 11) is 1.54. The van der Waals surface area contributed by atoms with E-state index in [2.05, 4.69) is 10.2 Å². The number of anilines is 1. The Labute approximate surface area is 177 Å². The predicted octanol–water partition coefficient (Wildman–Crippen LogP) is 1.58. The molecule has 0 unspecified atom stereocenters. The first-order chi connectivity index (χ1) is 14.2. The maximum Gasteiger partial charge on any atom is 0.255 e. The predicted molar refractivity (Wildman–Crippen MR) is 115 cm³/mol. The van der Waals surface area contributed by atoms with E-state index in [0.29, 0.717) is 37.4 Å². The summed E-state index contributed by atoms with van der Waals surface area (Å²) in [6, 6.07) is 12.7. The molecule has 1 aliphatic rings. The molecule has 1 fully saturated rings. The molecular weight excluding hydrogens is 404 g/mol. The van der Waals surface area contributed by atoms with E-state index in [0.717, 1.165) is 0 Å². The Bertz CT molecular complexity index is 1040. The summed E-state index contributed by atoms with van der Waals surface area (Å²) in [5, 5.41) is 2.73. The van der Waals surface area contributed by atoms with E-state index in [4.69, 9.17) is 0 Å². The van der Waals surface area contributed by atoms with Crippen LogP contribution in [0.5, 0.6) is 0 Å². The molecule has 0 spiro atoms. The summed E-state index contributed by atoms with van der Waals surface area (Å²) < 4.78 is 27.4. The minimum absolute atomic E-state index is 0.0809. The summed E-state index contributed by atoms with van der Waals surface area (Å²) in [5.41, 5.74) is 0.933. The Morgan fingerprint density at radius 2 is 1.63 bits per heavy atom. The fraction of sp³-hybridized carbons (Fsp3) is 0.333. The van der Waals surface area contributed by atoms with Crippen LogP contribution in [0, 0.1) is 0 Å². The molecule has 2 amide bonds. The van der Waals surface area contributed by atoms with Crippen molar-refractivity contribution in [2.75, 3.05) is 52.6 Å². The second-order valence-corrected chi connectivity index (χ2v) is 9.37. The van der Waals surface area contributed by atoms with Gasteiger partial charge in [-0.1, -0.05) is 18.2 Å². The number of nitrogens with zero attached hydrogens (tertiary/aromatic N) is 3. The average Bonchev–Trinajstić information content (AvgIpc) is 2.74. The number of nitrogens with one attached hydrogen (secondary N) is 1. The van der Waals surface area contributed by atoms with Gasteiger partial charge >= 0.3 is 0 Å². The maximum absolute atomic E-state index is 13.0. The number of likely N-dealkylation sites (N-methyl/N-ethyl adjacent to an activating group) is 1. The van der Waals surface area contributed by atoms with E-state index in [1.807, 2.05) is 7.05 Å². The van der Waals surface area contributed by atoms with Crippen LogP contribution >= 0.6 is 0 Å². The number of carbonyl (C=O) groups is 2. The van der Waals surface area contributed by atoms with Crippen LogP contribution in [0.4, 0.5) is 5.69 Å². The Balaban J connectivity index is 1.83. The Hall–Kier alpha value is -2.75. The van der Waals surface area contributed by atoms with Gasteiger partial charge in [0, 0.05) is 45.8 Å². The van der Waals surface area contributed by atoms with Gasteiger partial charge < -0.3 is 15.1 Å². The van der Waals surface area contributed by atoms with Gasteiger partial charge in [0.15, 0.2) is 0 Å². The lowest BCUT2D eigenvalue weighted by molar-refractivity contribution is 0.0828. The zero-order valence-electron chi connectivity index (χ0n) is 17.3. The van der Waals surface area contributed by atoms with E-state index in [1.54, 1.807) is 50.5 Å². The van der Waals surface area contributed by atoms with Crippen LogP contribution in [0.1, 0.15) is 20.7 Å². The van der Waals surface area contributed by atoms with Gasteiger partial charge in [0.2, 0.25) is 10.0 Å². The number of sulfonamides is 1.